The number of nitrogens with one attached hydrogen (secondary N) is 1. The minimum Gasteiger partial charge on any atom is -0.290 e. The van der Waals surface area contributed by atoms with E-state index in [0.717, 1.165) is 28.0 Å². The molecule has 0 radical (unpaired) electrons. The fourth-order valence-electron chi connectivity index (χ4n) is 2.45. The summed E-state index contributed by atoms with van der Waals surface area (Å²) >= 11 is 1.44. The van der Waals surface area contributed by atoms with Crippen molar-refractivity contribution < 1.29 is 0 Å². The monoisotopic (exact) mass is 351 g/mol. The maximum absolute atomic E-state index is 12.7. The molecule has 0 saturated carbocycles. The lowest BCUT2D eigenvalue weighted by Crippen LogP contribution is -2.18. The van der Waals surface area contributed by atoms with Gasteiger partial charge in [-0.2, -0.15) is 5.10 Å². The predicted octanol–water partition coefficient (Wildman–Crippen LogP) is 3.50. The number of thiophene rings is 1. The highest BCUT2D eigenvalue weighted by Gasteiger charge is 2.09. The van der Waals surface area contributed by atoms with Crippen molar-refractivity contribution in [3.05, 3.63) is 63.5 Å². The Kier molecular flexibility index (Phi) is 4.85. The van der Waals surface area contributed by atoms with E-state index in [1.165, 1.54) is 16.3 Å². The van der Waals surface area contributed by atoms with Crippen LogP contribution in [-0.4, -0.2) is 27.6 Å². The van der Waals surface area contributed by atoms with Gasteiger partial charge in [0.2, 0.25) is 0 Å². The fraction of sp³-hybridized carbons (Fsp3) is 0.111. The first kappa shape index (κ1) is 16.8. The third-order valence-electron chi connectivity index (χ3n) is 3.68. The number of allylic oxidation sites excluding steroid dienone is 1. The quantitative estimate of drug-likeness (QED) is 0.419. The molecule has 25 heavy (non-hydrogen) atoms. The molecule has 0 aliphatic heterocycles. The summed E-state index contributed by atoms with van der Waals surface area (Å²) in [5, 5.41) is 12.4. The van der Waals surface area contributed by atoms with E-state index in [4.69, 9.17) is 5.41 Å². The largest absolute Gasteiger partial charge is 0.290 e. The highest BCUT2D eigenvalue weighted by molar-refractivity contribution is 7.19. The molecule has 6 nitrogen and oxygen atoms in total. The van der Waals surface area contributed by atoms with Crippen molar-refractivity contribution in [1.82, 2.24) is 14.6 Å². The summed E-state index contributed by atoms with van der Waals surface area (Å²) in [6.45, 7) is 5.82. The van der Waals surface area contributed by atoms with Crippen LogP contribution in [0.1, 0.15) is 17.4 Å². The number of aromatic nitrogens is 2. The van der Waals surface area contributed by atoms with E-state index in [2.05, 4.69) is 16.8 Å². The zero-order valence-corrected chi connectivity index (χ0v) is 14.5. The average molecular weight is 351 g/mol. The molecule has 7 heteroatoms. The van der Waals surface area contributed by atoms with Crippen molar-refractivity contribution in [2.24, 2.45) is 5.10 Å². The van der Waals surface area contributed by atoms with E-state index in [1.54, 1.807) is 10.9 Å². The summed E-state index contributed by atoms with van der Waals surface area (Å²) in [5.41, 5.74) is 2.35. The molecule has 1 N–H and O–H groups in total. The number of rotatable bonds is 6. The van der Waals surface area contributed by atoms with Crippen LogP contribution in [0.4, 0.5) is 0 Å². The Labute approximate surface area is 148 Å². The summed E-state index contributed by atoms with van der Waals surface area (Å²) in [5.74, 6) is 0. The van der Waals surface area contributed by atoms with Gasteiger partial charge in [-0.25, -0.2) is 4.98 Å². The lowest BCUT2D eigenvalue weighted by molar-refractivity contribution is 0.454. The SMILES string of the molecule is C=NN(C=N)Cc1ccc(-n2cnc3cc(/C=C/C)sc3c2=O)cc1. The summed E-state index contributed by atoms with van der Waals surface area (Å²) in [4.78, 5) is 18.2. The number of nitrogens with zero attached hydrogens (tertiary/aromatic N) is 4. The number of fused-ring (bicyclic) bond motifs is 1. The molecular formula is C18H17N5OS. The Morgan fingerprint density at radius 3 is 2.80 bits per heavy atom. The molecule has 0 fully saturated rings. The first-order valence-electron chi connectivity index (χ1n) is 7.63. The van der Waals surface area contributed by atoms with Gasteiger partial charge < -0.3 is 0 Å². The minimum atomic E-state index is -0.0765. The number of benzene rings is 1. The Morgan fingerprint density at radius 2 is 2.16 bits per heavy atom. The van der Waals surface area contributed by atoms with Crippen molar-refractivity contribution >= 4 is 40.7 Å². The van der Waals surface area contributed by atoms with Crippen LogP contribution < -0.4 is 5.56 Å². The van der Waals surface area contributed by atoms with Gasteiger partial charge in [-0.1, -0.05) is 18.2 Å². The molecule has 3 rings (SSSR count). The number of hydrogen-bond acceptors (Lipinski definition) is 5. The van der Waals surface area contributed by atoms with Gasteiger partial charge in [0.25, 0.3) is 5.56 Å². The lowest BCUT2D eigenvalue weighted by Gasteiger charge is -2.12. The van der Waals surface area contributed by atoms with E-state index in [0.29, 0.717) is 11.2 Å². The first-order chi connectivity index (χ1) is 12.2. The molecule has 0 unspecified atom stereocenters. The van der Waals surface area contributed by atoms with Crippen LogP contribution in [0, 0.1) is 5.41 Å². The molecule has 0 spiro atoms. The minimum absolute atomic E-state index is 0.0765. The van der Waals surface area contributed by atoms with Crippen LogP contribution in [0.5, 0.6) is 0 Å². The van der Waals surface area contributed by atoms with Gasteiger partial charge in [0.15, 0.2) is 0 Å². The zero-order valence-electron chi connectivity index (χ0n) is 13.7. The summed E-state index contributed by atoms with van der Waals surface area (Å²) in [6, 6.07) is 9.43. The molecule has 0 atom stereocenters. The first-order valence-corrected chi connectivity index (χ1v) is 8.45. The molecule has 0 amide bonds. The maximum Gasteiger partial charge on any atom is 0.275 e. The van der Waals surface area contributed by atoms with Gasteiger partial charge in [-0.05, 0) is 36.8 Å². The van der Waals surface area contributed by atoms with Crippen LogP contribution in [0.25, 0.3) is 22.0 Å². The Hall–Kier alpha value is -3.06. The van der Waals surface area contributed by atoms with E-state index >= 15 is 0 Å². The number of hydrogen-bond donors (Lipinski definition) is 1. The van der Waals surface area contributed by atoms with E-state index < -0.39 is 0 Å². The van der Waals surface area contributed by atoms with Gasteiger partial charge >= 0.3 is 0 Å². The molecule has 0 aliphatic carbocycles. The fourth-order valence-corrected chi connectivity index (χ4v) is 3.46. The summed E-state index contributed by atoms with van der Waals surface area (Å²) < 4.78 is 2.19. The molecule has 0 saturated heterocycles. The normalized spacial score (nSPS) is 11.1. The smallest absolute Gasteiger partial charge is 0.275 e. The average Bonchev–Trinajstić information content (AvgIpc) is 3.05. The topological polar surface area (TPSA) is 74.3 Å². The lowest BCUT2D eigenvalue weighted by atomic mass is 10.2. The molecule has 126 valence electrons. The number of hydrazone groups is 1. The van der Waals surface area contributed by atoms with Gasteiger partial charge in [0, 0.05) is 11.6 Å². The van der Waals surface area contributed by atoms with Gasteiger partial charge in [-0.3, -0.25) is 19.8 Å². The van der Waals surface area contributed by atoms with Gasteiger partial charge in [-0.15, -0.1) is 11.3 Å². The molecule has 1 aromatic carbocycles. The Balaban J connectivity index is 1.96. The predicted molar refractivity (Wildman–Crippen MR) is 104 cm³/mol. The van der Waals surface area contributed by atoms with Crippen LogP contribution in [-0.2, 0) is 6.54 Å². The van der Waals surface area contributed by atoms with Crippen molar-refractivity contribution in [1.29, 1.82) is 5.41 Å². The van der Waals surface area contributed by atoms with Crippen molar-refractivity contribution in [3.63, 3.8) is 0 Å². The van der Waals surface area contributed by atoms with E-state index in [1.807, 2.05) is 49.4 Å². The second kappa shape index (κ2) is 7.23. The van der Waals surface area contributed by atoms with Gasteiger partial charge in [0.1, 0.15) is 17.4 Å². The third kappa shape index (κ3) is 3.41. The highest BCUT2D eigenvalue weighted by Crippen LogP contribution is 2.22. The zero-order chi connectivity index (χ0) is 17.8. The standard InChI is InChI=1S/C18H17N5OS/c1-3-4-15-9-16-17(25-15)18(24)23(12-21-16)14-7-5-13(6-8-14)10-22(11-19)20-2/h3-9,11-12,19H,2,10H2,1H3/b4-3+,19-11?. The van der Waals surface area contributed by atoms with Crippen LogP contribution >= 0.6 is 11.3 Å². The Bertz CT molecular complexity index is 992. The summed E-state index contributed by atoms with van der Waals surface area (Å²) in [7, 11) is 0. The molecular weight excluding hydrogens is 334 g/mol. The highest BCUT2D eigenvalue weighted by atomic mass is 32.1. The van der Waals surface area contributed by atoms with E-state index in [9.17, 15) is 4.79 Å². The molecule has 3 aromatic rings. The third-order valence-corrected chi connectivity index (χ3v) is 4.76. The van der Waals surface area contributed by atoms with Crippen molar-refractivity contribution in [2.75, 3.05) is 0 Å². The molecule has 0 aliphatic rings. The Morgan fingerprint density at radius 1 is 1.40 bits per heavy atom. The van der Waals surface area contributed by atoms with Crippen LogP contribution in [0.3, 0.4) is 0 Å². The van der Waals surface area contributed by atoms with Crippen LogP contribution in [0.2, 0.25) is 0 Å². The van der Waals surface area contributed by atoms with Crippen LogP contribution in [0.15, 0.2) is 52.6 Å². The van der Waals surface area contributed by atoms with Crippen molar-refractivity contribution in [3.8, 4) is 5.69 Å². The van der Waals surface area contributed by atoms with Crippen molar-refractivity contribution in [2.45, 2.75) is 13.5 Å². The molecule has 2 heterocycles. The maximum atomic E-state index is 12.7. The van der Waals surface area contributed by atoms with Gasteiger partial charge in [0.05, 0.1) is 17.7 Å². The molecule has 0 bridgehead atoms. The van der Waals surface area contributed by atoms with E-state index in [-0.39, 0.29) is 5.56 Å². The summed E-state index contributed by atoms with van der Waals surface area (Å²) in [6.07, 6.45) is 6.58. The molecule has 2 aromatic heterocycles. The second-order valence-electron chi connectivity index (χ2n) is 5.32. The second-order valence-corrected chi connectivity index (χ2v) is 6.40.